The number of para-hydroxylation sites is 1. The minimum Gasteiger partial charge on any atom is -0.377 e. The Balaban J connectivity index is 2.24. The van der Waals surface area contributed by atoms with E-state index in [1.165, 1.54) is 25.7 Å². The lowest BCUT2D eigenvalue weighted by Crippen LogP contribution is -2.53. The molecule has 0 radical (unpaired) electrons. The lowest BCUT2D eigenvalue weighted by molar-refractivity contribution is 0.212. The maximum atomic E-state index is 6.25. The second kappa shape index (κ2) is 5.94. The Morgan fingerprint density at radius 1 is 1.39 bits per heavy atom. The van der Waals surface area contributed by atoms with Crippen LogP contribution in [0.15, 0.2) is 24.3 Å². The Labute approximate surface area is 115 Å². The molecule has 1 saturated carbocycles. The fourth-order valence-corrected chi connectivity index (χ4v) is 3.40. The number of rotatable bonds is 4. The van der Waals surface area contributed by atoms with Crippen LogP contribution >= 0.6 is 11.6 Å². The summed E-state index contributed by atoms with van der Waals surface area (Å²) in [6.07, 6.45) is 6.17. The minimum absolute atomic E-state index is 0.0258. The smallest absolute Gasteiger partial charge is 0.0637 e. The Morgan fingerprint density at radius 3 is 2.83 bits per heavy atom. The van der Waals surface area contributed by atoms with Gasteiger partial charge in [-0.25, -0.2) is 0 Å². The molecule has 3 N–H and O–H groups in total. The first-order valence-electron chi connectivity index (χ1n) is 6.94. The summed E-state index contributed by atoms with van der Waals surface area (Å²) < 4.78 is 0. The normalized spacial score (nSPS) is 28.1. The van der Waals surface area contributed by atoms with Crippen LogP contribution in [0.25, 0.3) is 0 Å². The van der Waals surface area contributed by atoms with E-state index in [1.54, 1.807) is 0 Å². The van der Waals surface area contributed by atoms with Gasteiger partial charge in [-0.2, -0.15) is 0 Å². The van der Waals surface area contributed by atoms with Gasteiger partial charge in [-0.3, -0.25) is 0 Å². The molecular weight excluding hydrogens is 244 g/mol. The molecule has 2 rings (SSSR count). The van der Waals surface area contributed by atoms with E-state index in [2.05, 4.69) is 12.2 Å². The van der Waals surface area contributed by atoms with E-state index >= 15 is 0 Å². The molecule has 0 amide bonds. The number of nitrogens with one attached hydrogen (secondary N) is 1. The molecule has 0 aromatic heterocycles. The summed E-state index contributed by atoms with van der Waals surface area (Å²) in [6, 6.07) is 7.95. The highest BCUT2D eigenvalue weighted by atomic mass is 35.5. The van der Waals surface area contributed by atoms with Crippen LogP contribution in [0.4, 0.5) is 5.69 Å². The lowest BCUT2D eigenvalue weighted by Gasteiger charge is -2.45. The first-order valence-corrected chi connectivity index (χ1v) is 7.32. The van der Waals surface area contributed by atoms with Crippen molar-refractivity contribution in [1.82, 2.24) is 0 Å². The molecule has 1 aliphatic rings. The first-order chi connectivity index (χ1) is 8.72. The molecule has 2 unspecified atom stereocenters. The Bertz CT molecular complexity index is 394. The van der Waals surface area contributed by atoms with E-state index in [-0.39, 0.29) is 5.54 Å². The molecule has 1 aromatic carbocycles. The summed E-state index contributed by atoms with van der Waals surface area (Å²) in [5.74, 6) is 0.646. The predicted molar refractivity (Wildman–Crippen MR) is 79.1 cm³/mol. The molecule has 2 atom stereocenters. The Morgan fingerprint density at radius 2 is 2.17 bits per heavy atom. The summed E-state index contributed by atoms with van der Waals surface area (Å²) in [5.41, 5.74) is 7.14. The molecule has 18 heavy (non-hydrogen) atoms. The highest BCUT2D eigenvalue weighted by Gasteiger charge is 2.38. The Hall–Kier alpha value is -0.730. The standard InChI is InChI=1S/C15H23ClN2/c1-2-12-7-5-6-10-15(12,11-17)18-14-9-4-3-8-13(14)16/h3-4,8-9,12,18H,2,5-7,10-11,17H2,1H3. The molecule has 0 heterocycles. The van der Waals surface area contributed by atoms with Gasteiger partial charge in [-0.1, -0.05) is 49.9 Å². The average molecular weight is 267 g/mol. The maximum Gasteiger partial charge on any atom is 0.0637 e. The van der Waals surface area contributed by atoms with Crippen LogP contribution in [0.1, 0.15) is 39.0 Å². The van der Waals surface area contributed by atoms with Crippen LogP contribution < -0.4 is 11.1 Å². The molecule has 1 aromatic rings. The van der Waals surface area contributed by atoms with Gasteiger partial charge >= 0.3 is 0 Å². The van der Waals surface area contributed by atoms with Crippen molar-refractivity contribution >= 4 is 17.3 Å². The molecular formula is C15H23ClN2. The summed E-state index contributed by atoms with van der Waals surface area (Å²) in [7, 11) is 0. The van der Waals surface area contributed by atoms with Crippen molar-refractivity contribution in [2.24, 2.45) is 11.7 Å². The topological polar surface area (TPSA) is 38.0 Å². The van der Waals surface area contributed by atoms with Crippen LogP contribution in [0.2, 0.25) is 5.02 Å². The maximum absolute atomic E-state index is 6.25. The summed E-state index contributed by atoms with van der Waals surface area (Å²) in [5, 5.41) is 4.44. The molecule has 0 saturated heterocycles. The van der Waals surface area contributed by atoms with Crippen molar-refractivity contribution in [1.29, 1.82) is 0 Å². The number of hydrogen-bond donors (Lipinski definition) is 2. The van der Waals surface area contributed by atoms with Gasteiger partial charge in [0.1, 0.15) is 0 Å². The molecule has 0 spiro atoms. The first kappa shape index (κ1) is 13.7. The van der Waals surface area contributed by atoms with E-state index in [0.717, 1.165) is 17.1 Å². The molecule has 0 bridgehead atoms. The van der Waals surface area contributed by atoms with Gasteiger partial charge in [0, 0.05) is 6.54 Å². The van der Waals surface area contributed by atoms with Gasteiger partial charge in [-0.15, -0.1) is 0 Å². The average Bonchev–Trinajstić information content (AvgIpc) is 2.42. The summed E-state index contributed by atoms with van der Waals surface area (Å²) in [4.78, 5) is 0. The third-order valence-electron chi connectivity index (χ3n) is 4.32. The van der Waals surface area contributed by atoms with Crippen molar-refractivity contribution in [3.8, 4) is 0 Å². The molecule has 100 valence electrons. The second-order valence-electron chi connectivity index (χ2n) is 5.32. The van der Waals surface area contributed by atoms with Gasteiger partial charge in [0.25, 0.3) is 0 Å². The predicted octanol–water partition coefficient (Wildman–Crippen LogP) is 4.05. The molecule has 3 heteroatoms. The highest BCUT2D eigenvalue weighted by Crippen LogP contribution is 2.39. The van der Waals surface area contributed by atoms with E-state index in [9.17, 15) is 0 Å². The second-order valence-corrected chi connectivity index (χ2v) is 5.72. The van der Waals surface area contributed by atoms with Crippen LogP contribution in [0, 0.1) is 5.92 Å². The fourth-order valence-electron chi connectivity index (χ4n) is 3.22. The summed E-state index contributed by atoms with van der Waals surface area (Å²) in [6.45, 7) is 2.94. The lowest BCUT2D eigenvalue weighted by atomic mass is 9.71. The van der Waals surface area contributed by atoms with Gasteiger partial charge < -0.3 is 11.1 Å². The Kier molecular flexibility index (Phi) is 4.52. The van der Waals surface area contributed by atoms with Crippen molar-refractivity contribution in [3.63, 3.8) is 0 Å². The van der Waals surface area contributed by atoms with E-state index in [4.69, 9.17) is 17.3 Å². The number of nitrogens with two attached hydrogens (primary N) is 1. The zero-order chi connectivity index (χ0) is 13.0. The third-order valence-corrected chi connectivity index (χ3v) is 4.65. The van der Waals surface area contributed by atoms with Crippen molar-refractivity contribution in [2.45, 2.75) is 44.6 Å². The van der Waals surface area contributed by atoms with Crippen LogP contribution in [-0.4, -0.2) is 12.1 Å². The van der Waals surface area contributed by atoms with Crippen LogP contribution in [0.5, 0.6) is 0 Å². The zero-order valence-electron chi connectivity index (χ0n) is 11.1. The van der Waals surface area contributed by atoms with Crippen LogP contribution in [-0.2, 0) is 0 Å². The third kappa shape index (κ3) is 2.65. The number of benzene rings is 1. The quantitative estimate of drug-likeness (QED) is 0.863. The van der Waals surface area contributed by atoms with Gasteiger partial charge in [-0.05, 0) is 30.9 Å². The van der Waals surface area contributed by atoms with Gasteiger partial charge in [0.2, 0.25) is 0 Å². The van der Waals surface area contributed by atoms with E-state index < -0.39 is 0 Å². The fraction of sp³-hybridized carbons (Fsp3) is 0.600. The monoisotopic (exact) mass is 266 g/mol. The largest absolute Gasteiger partial charge is 0.377 e. The van der Waals surface area contributed by atoms with Crippen molar-refractivity contribution < 1.29 is 0 Å². The number of anilines is 1. The minimum atomic E-state index is 0.0258. The van der Waals surface area contributed by atoms with Crippen molar-refractivity contribution in [3.05, 3.63) is 29.3 Å². The van der Waals surface area contributed by atoms with Crippen LogP contribution in [0.3, 0.4) is 0 Å². The SMILES string of the molecule is CCC1CCCCC1(CN)Nc1ccccc1Cl. The summed E-state index contributed by atoms with van der Waals surface area (Å²) >= 11 is 6.25. The zero-order valence-corrected chi connectivity index (χ0v) is 11.8. The van der Waals surface area contributed by atoms with Gasteiger partial charge in [0.05, 0.1) is 16.2 Å². The van der Waals surface area contributed by atoms with Gasteiger partial charge in [0.15, 0.2) is 0 Å². The number of hydrogen-bond acceptors (Lipinski definition) is 2. The number of halogens is 1. The van der Waals surface area contributed by atoms with Crippen molar-refractivity contribution in [2.75, 3.05) is 11.9 Å². The molecule has 2 nitrogen and oxygen atoms in total. The molecule has 1 fully saturated rings. The van der Waals surface area contributed by atoms with E-state index in [1.807, 2.05) is 24.3 Å². The van der Waals surface area contributed by atoms with E-state index in [0.29, 0.717) is 12.5 Å². The highest BCUT2D eigenvalue weighted by molar-refractivity contribution is 6.33. The molecule has 0 aliphatic heterocycles. The molecule has 1 aliphatic carbocycles.